The van der Waals surface area contributed by atoms with Crippen LogP contribution in [0.4, 0.5) is 0 Å². The Kier molecular flexibility index (Phi) is 8.07. The lowest BCUT2D eigenvalue weighted by atomic mass is 9.78. The number of hydrogen-bond donors (Lipinski definition) is 1. The van der Waals surface area contributed by atoms with E-state index in [1.54, 1.807) is 0 Å². The van der Waals surface area contributed by atoms with E-state index in [2.05, 4.69) is 62.3 Å². The molecule has 0 fully saturated rings. The highest BCUT2D eigenvalue weighted by atomic mass is 14.9. The van der Waals surface area contributed by atoms with Gasteiger partial charge >= 0.3 is 0 Å². The highest BCUT2D eigenvalue weighted by Crippen LogP contribution is 2.32. The highest BCUT2D eigenvalue weighted by molar-refractivity contribution is 5.22. The fraction of sp³-hybridized carbons (Fsp3) is 0.579. The van der Waals surface area contributed by atoms with Gasteiger partial charge in [-0.25, -0.2) is 0 Å². The summed E-state index contributed by atoms with van der Waals surface area (Å²) in [6.07, 6.45) is 9.74. The van der Waals surface area contributed by atoms with Gasteiger partial charge in [-0.2, -0.15) is 0 Å². The summed E-state index contributed by atoms with van der Waals surface area (Å²) in [5.74, 6) is 4.00. The van der Waals surface area contributed by atoms with Gasteiger partial charge in [0.25, 0.3) is 0 Å². The lowest BCUT2D eigenvalue weighted by Gasteiger charge is -2.33. The largest absolute Gasteiger partial charge is 0.314 e. The van der Waals surface area contributed by atoms with Crippen LogP contribution in [-0.2, 0) is 0 Å². The Morgan fingerprint density at radius 1 is 1.20 bits per heavy atom. The average molecular weight is 271 g/mol. The molecule has 0 aliphatic carbocycles. The van der Waals surface area contributed by atoms with Crippen molar-refractivity contribution in [1.82, 2.24) is 5.32 Å². The van der Waals surface area contributed by atoms with Gasteiger partial charge in [0.2, 0.25) is 0 Å². The first-order valence-corrected chi connectivity index (χ1v) is 7.96. The first-order chi connectivity index (χ1) is 9.74. The van der Waals surface area contributed by atoms with Crippen molar-refractivity contribution < 1.29 is 0 Å². The molecule has 20 heavy (non-hydrogen) atoms. The smallest absolute Gasteiger partial charge is 0.0139 e. The minimum atomic E-state index is 0.519. The normalized spacial score (nSPS) is 15.3. The van der Waals surface area contributed by atoms with Gasteiger partial charge in [-0.15, -0.1) is 12.3 Å². The molecule has 0 saturated carbocycles. The van der Waals surface area contributed by atoms with Gasteiger partial charge in [0.15, 0.2) is 0 Å². The molecule has 0 aliphatic heterocycles. The molecule has 0 heterocycles. The third kappa shape index (κ3) is 5.02. The lowest BCUT2D eigenvalue weighted by Crippen LogP contribution is -2.37. The quantitative estimate of drug-likeness (QED) is 0.511. The zero-order valence-corrected chi connectivity index (χ0v) is 13.2. The number of hydrogen-bond acceptors (Lipinski definition) is 1. The maximum atomic E-state index is 5.39. The molecule has 1 rings (SSSR count). The molecule has 3 atom stereocenters. The molecule has 0 aliphatic rings. The van der Waals surface area contributed by atoms with Gasteiger partial charge in [-0.1, -0.05) is 57.5 Å². The SMILES string of the molecule is C#CCCCC(NCC)C(c1ccccc1)C(C)CC. The highest BCUT2D eigenvalue weighted by Gasteiger charge is 2.26. The maximum absolute atomic E-state index is 5.39. The molecule has 1 aromatic rings. The van der Waals surface area contributed by atoms with Crippen LogP contribution < -0.4 is 5.32 Å². The number of terminal acetylenes is 1. The van der Waals surface area contributed by atoms with Gasteiger partial charge in [0, 0.05) is 18.4 Å². The molecule has 1 nitrogen and oxygen atoms in total. The van der Waals surface area contributed by atoms with Crippen LogP contribution in [0, 0.1) is 18.3 Å². The molecule has 0 aromatic heterocycles. The Morgan fingerprint density at radius 3 is 2.45 bits per heavy atom. The van der Waals surface area contributed by atoms with E-state index in [9.17, 15) is 0 Å². The molecule has 0 radical (unpaired) electrons. The number of rotatable bonds is 9. The Bertz CT molecular complexity index is 390. The van der Waals surface area contributed by atoms with Crippen molar-refractivity contribution in [3.05, 3.63) is 35.9 Å². The molecule has 0 bridgehead atoms. The summed E-state index contributed by atoms with van der Waals surface area (Å²) in [5.41, 5.74) is 1.45. The zero-order chi connectivity index (χ0) is 14.8. The van der Waals surface area contributed by atoms with Crippen LogP contribution in [0.25, 0.3) is 0 Å². The number of likely N-dealkylation sites (N-methyl/N-ethyl adjacent to an activating group) is 1. The van der Waals surface area contributed by atoms with E-state index in [1.807, 2.05) is 0 Å². The third-order valence-corrected chi connectivity index (χ3v) is 4.18. The van der Waals surface area contributed by atoms with Crippen LogP contribution in [0.1, 0.15) is 57.9 Å². The summed E-state index contributed by atoms with van der Waals surface area (Å²) < 4.78 is 0. The second-order valence-electron chi connectivity index (χ2n) is 5.58. The van der Waals surface area contributed by atoms with Crippen molar-refractivity contribution in [2.45, 2.75) is 58.4 Å². The van der Waals surface area contributed by atoms with Crippen LogP contribution in [0.3, 0.4) is 0 Å². The molecule has 0 saturated heterocycles. The Morgan fingerprint density at radius 2 is 1.90 bits per heavy atom. The van der Waals surface area contributed by atoms with Crippen molar-refractivity contribution in [2.24, 2.45) is 5.92 Å². The van der Waals surface area contributed by atoms with E-state index in [0.717, 1.165) is 25.8 Å². The third-order valence-electron chi connectivity index (χ3n) is 4.18. The molecule has 0 amide bonds. The van der Waals surface area contributed by atoms with Gasteiger partial charge in [-0.05, 0) is 30.9 Å². The van der Waals surface area contributed by atoms with E-state index in [0.29, 0.717) is 17.9 Å². The molecule has 3 unspecified atom stereocenters. The summed E-state index contributed by atoms with van der Waals surface area (Å²) in [7, 11) is 0. The van der Waals surface area contributed by atoms with Crippen LogP contribution in [0.15, 0.2) is 30.3 Å². The van der Waals surface area contributed by atoms with Crippen LogP contribution in [0.2, 0.25) is 0 Å². The van der Waals surface area contributed by atoms with E-state index in [4.69, 9.17) is 6.42 Å². The minimum Gasteiger partial charge on any atom is -0.314 e. The second kappa shape index (κ2) is 9.61. The molecular formula is C19H29N. The first kappa shape index (κ1) is 16.8. The molecule has 0 spiro atoms. The predicted molar refractivity (Wildman–Crippen MR) is 88.8 cm³/mol. The first-order valence-electron chi connectivity index (χ1n) is 7.96. The lowest BCUT2D eigenvalue weighted by molar-refractivity contribution is 0.321. The molecule has 1 heteroatoms. The zero-order valence-electron chi connectivity index (χ0n) is 13.2. The van der Waals surface area contributed by atoms with Gasteiger partial charge in [-0.3, -0.25) is 0 Å². The summed E-state index contributed by atoms with van der Waals surface area (Å²) in [4.78, 5) is 0. The summed E-state index contributed by atoms with van der Waals surface area (Å²) in [6, 6.07) is 11.4. The summed E-state index contributed by atoms with van der Waals surface area (Å²) >= 11 is 0. The van der Waals surface area contributed by atoms with Crippen LogP contribution in [0.5, 0.6) is 0 Å². The Balaban J connectivity index is 2.90. The molecule has 1 aromatic carbocycles. The number of benzene rings is 1. The Hall–Kier alpha value is -1.26. The number of unbranched alkanes of at least 4 members (excludes halogenated alkanes) is 1. The minimum absolute atomic E-state index is 0.519. The van der Waals surface area contributed by atoms with Crippen molar-refractivity contribution in [3.63, 3.8) is 0 Å². The molecule has 1 N–H and O–H groups in total. The van der Waals surface area contributed by atoms with Crippen LogP contribution in [-0.4, -0.2) is 12.6 Å². The van der Waals surface area contributed by atoms with Crippen LogP contribution >= 0.6 is 0 Å². The van der Waals surface area contributed by atoms with E-state index < -0.39 is 0 Å². The molecule has 110 valence electrons. The molecular weight excluding hydrogens is 242 g/mol. The maximum Gasteiger partial charge on any atom is 0.0139 e. The Labute approximate surface area is 125 Å². The van der Waals surface area contributed by atoms with Gasteiger partial charge in [0.05, 0.1) is 0 Å². The van der Waals surface area contributed by atoms with Crippen molar-refractivity contribution in [3.8, 4) is 12.3 Å². The van der Waals surface area contributed by atoms with Crippen molar-refractivity contribution in [2.75, 3.05) is 6.54 Å². The second-order valence-corrected chi connectivity index (χ2v) is 5.58. The monoisotopic (exact) mass is 271 g/mol. The predicted octanol–water partition coefficient (Wildman–Crippen LogP) is 4.60. The summed E-state index contributed by atoms with van der Waals surface area (Å²) in [6.45, 7) is 7.85. The number of nitrogens with one attached hydrogen (secondary N) is 1. The standard InChI is InChI=1S/C19H29N/c1-5-8-10-15-18(20-7-3)19(16(4)6-2)17-13-11-9-12-14-17/h1,9,11-14,16,18-20H,6-8,10,15H2,2-4H3. The van der Waals surface area contributed by atoms with Gasteiger partial charge < -0.3 is 5.32 Å². The fourth-order valence-corrected chi connectivity index (χ4v) is 2.98. The summed E-state index contributed by atoms with van der Waals surface area (Å²) in [5, 5.41) is 3.69. The van der Waals surface area contributed by atoms with E-state index in [1.165, 1.54) is 12.0 Å². The van der Waals surface area contributed by atoms with E-state index >= 15 is 0 Å². The average Bonchev–Trinajstić information content (AvgIpc) is 2.48. The topological polar surface area (TPSA) is 12.0 Å². The fourth-order valence-electron chi connectivity index (χ4n) is 2.98. The van der Waals surface area contributed by atoms with Crippen molar-refractivity contribution >= 4 is 0 Å². The van der Waals surface area contributed by atoms with E-state index in [-0.39, 0.29) is 0 Å². The van der Waals surface area contributed by atoms with Crippen molar-refractivity contribution in [1.29, 1.82) is 0 Å². The van der Waals surface area contributed by atoms with Gasteiger partial charge in [0.1, 0.15) is 0 Å².